The third-order valence-corrected chi connectivity index (χ3v) is 8.57. The van der Waals surface area contributed by atoms with Crippen molar-refractivity contribution in [3.63, 3.8) is 0 Å². The van der Waals surface area contributed by atoms with Crippen LogP contribution in [0.25, 0.3) is 23.1 Å². The third kappa shape index (κ3) is 5.20. The number of hydrogen-bond acceptors (Lipinski definition) is 6. The van der Waals surface area contributed by atoms with Gasteiger partial charge in [-0.3, -0.25) is 19.5 Å². The van der Waals surface area contributed by atoms with Gasteiger partial charge in [0.15, 0.2) is 4.80 Å². The number of aryl methyl sites for hydroxylation is 1. The molecule has 5 aromatic rings. The second-order valence-corrected chi connectivity index (χ2v) is 11.7. The Balaban J connectivity index is 1.47. The summed E-state index contributed by atoms with van der Waals surface area (Å²) in [6.07, 6.45) is 3.36. The van der Waals surface area contributed by atoms with Gasteiger partial charge in [0.25, 0.3) is 11.2 Å². The lowest BCUT2D eigenvalue weighted by Crippen LogP contribution is -2.36. The van der Waals surface area contributed by atoms with Gasteiger partial charge in [0.2, 0.25) is 0 Å². The van der Waals surface area contributed by atoms with Crippen LogP contribution in [-0.4, -0.2) is 9.49 Å². The van der Waals surface area contributed by atoms with E-state index in [2.05, 4.69) is 4.99 Å². The van der Waals surface area contributed by atoms with Crippen molar-refractivity contribution < 1.29 is 13.7 Å². The molecule has 210 valence electrons. The van der Waals surface area contributed by atoms with Crippen LogP contribution in [0.3, 0.4) is 0 Å². The van der Waals surface area contributed by atoms with Gasteiger partial charge in [0.05, 0.1) is 31.2 Å². The Morgan fingerprint density at radius 3 is 2.50 bits per heavy atom. The summed E-state index contributed by atoms with van der Waals surface area (Å²) in [5.74, 6) is 0.274. The maximum absolute atomic E-state index is 14.4. The summed E-state index contributed by atoms with van der Waals surface area (Å²) in [6.45, 7) is 1.76. The standard InChI is InChI=1S/C30H17Cl3FN3O4S/c1-15-10-18(37(39)40)6-8-20(15)27-9-7-19(41-27)11-28-29(38)36-26(16-2-4-17(31)5-3-16)14-25(35-30(36)42-28)21-12-24(34)23(33)13-22(21)32/h2-14,26H,1H3/b28-11-. The summed E-state index contributed by atoms with van der Waals surface area (Å²) >= 11 is 19.6. The molecule has 0 amide bonds. The van der Waals surface area contributed by atoms with Crippen LogP contribution < -0.4 is 14.9 Å². The van der Waals surface area contributed by atoms with E-state index in [0.717, 1.165) is 16.9 Å². The fourth-order valence-electron chi connectivity index (χ4n) is 4.69. The van der Waals surface area contributed by atoms with E-state index >= 15 is 0 Å². The van der Waals surface area contributed by atoms with Gasteiger partial charge in [-0.2, -0.15) is 0 Å². The highest BCUT2D eigenvalue weighted by Gasteiger charge is 2.24. The van der Waals surface area contributed by atoms with Crippen LogP contribution in [0.1, 0.15) is 28.5 Å². The average Bonchev–Trinajstić information content (AvgIpc) is 3.54. The van der Waals surface area contributed by atoms with Crippen molar-refractivity contribution >= 4 is 63.6 Å². The molecule has 0 spiro atoms. The number of nitrogens with zero attached hydrogens (tertiary/aromatic N) is 3. The molecular formula is C30H17Cl3FN3O4S. The largest absolute Gasteiger partial charge is 0.457 e. The van der Waals surface area contributed by atoms with Crippen LogP contribution in [0.5, 0.6) is 0 Å². The van der Waals surface area contributed by atoms with E-state index in [1.54, 1.807) is 66.1 Å². The number of furan rings is 1. The van der Waals surface area contributed by atoms with Crippen LogP contribution in [0.15, 0.2) is 87.0 Å². The Hall–Kier alpha value is -4.02. The van der Waals surface area contributed by atoms with E-state index in [0.29, 0.717) is 48.3 Å². The van der Waals surface area contributed by atoms with Gasteiger partial charge in [-0.15, -0.1) is 0 Å². The van der Waals surface area contributed by atoms with Crippen LogP contribution in [0.2, 0.25) is 15.1 Å². The Morgan fingerprint density at radius 1 is 1.02 bits per heavy atom. The first-order valence-corrected chi connectivity index (χ1v) is 14.3. The van der Waals surface area contributed by atoms with Gasteiger partial charge in [-0.1, -0.05) is 58.3 Å². The number of hydrogen-bond donors (Lipinski definition) is 0. The number of fused-ring (bicyclic) bond motifs is 1. The number of allylic oxidation sites excluding steroid dienone is 1. The molecule has 0 saturated heterocycles. The number of aromatic nitrogens is 1. The Kier molecular flexibility index (Phi) is 7.36. The molecule has 2 aromatic heterocycles. The molecule has 0 bridgehead atoms. The van der Waals surface area contributed by atoms with E-state index in [9.17, 15) is 19.3 Å². The van der Waals surface area contributed by atoms with Crippen molar-refractivity contribution in [1.82, 2.24) is 4.57 Å². The number of benzene rings is 3. The zero-order valence-corrected chi connectivity index (χ0v) is 24.6. The third-order valence-electron chi connectivity index (χ3n) is 6.73. The summed E-state index contributed by atoms with van der Waals surface area (Å²) in [7, 11) is 0. The van der Waals surface area contributed by atoms with E-state index in [-0.39, 0.29) is 21.3 Å². The molecule has 7 nitrogen and oxygen atoms in total. The second-order valence-electron chi connectivity index (χ2n) is 9.43. The molecule has 0 N–H and O–H groups in total. The van der Waals surface area contributed by atoms with Gasteiger partial charge < -0.3 is 4.42 Å². The van der Waals surface area contributed by atoms with Gasteiger partial charge >= 0.3 is 0 Å². The Labute approximate surface area is 256 Å². The minimum Gasteiger partial charge on any atom is -0.457 e. The van der Waals surface area contributed by atoms with Crippen molar-refractivity contribution in [1.29, 1.82) is 0 Å². The molecule has 3 heterocycles. The highest BCUT2D eigenvalue weighted by atomic mass is 35.5. The number of nitro groups is 1. The molecule has 0 fully saturated rings. The minimum atomic E-state index is -0.643. The van der Waals surface area contributed by atoms with Gasteiger partial charge in [-0.05, 0) is 66.6 Å². The smallest absolute Gasteiger partial charge is 0.271 e. The normalized spacial score (nSPS) is 14.8. The molecule has 1 atom stereocenters. The number of thiazole rings is 1. The number of rotatable bonds is 5. The zero-order chi connectivity index (χ0) is 29.7. The Bertz CT molecular complexity index is 2120. The van der Waals surface area contributed by atoms with E-state index in [4.69, 9.17) is 39.2 Å². The fraction of sp³-hybridized carbons (Fsp3) is 0.0667. The van der Waals surface area contributed by atoms with Gasteiger partial charge in [0, 0.05) is 34.4 Å². The number of nitro benzene ring substituents is 1. The topological polar surface area (TPSA) is 90.6 Å². The highest BCUT2D eigenvalue weighted by Crippen LogP contribution is 2.34. The maximum atomic E-state index is 14.4. The van der Waals surface area contributed by atoms with E-state index < -0.39 is 16.8 Å². The molecule has 6 rings (SSSR count). The predicted molar refractivity (Wildman–Crippen MR) is 162 cm³/mol. The van der Waals surface area contributed by atoms with Crippen LogP contribution in [0.4, 0.5) is 10.1 Å². The first-order valence-electron chi connectivity index (χ1n) is 12.4. The quantitative estimate of drug-likeness (QED) is 0.113. The predicted octanol–water partition coefficient (Wildman–Crippen LogP) is 7.58. The molecule has 1 aliphatic rings. The molecular weight excluding hydrogens is 624 g/mol. The fourth-order valence-corrected chi connectivity index (χ4v) is 6.29. The maximum Gasteiger partial charge on any atom is 0.271 e. The van der Waals surface area contributed by atoms with Crippen LogP contribution in [0, 0.1) is 22.9 Å². The van der Waals surface area contributed by atoms with Crippen molar-refractivity contribution in [2.24, 2.45) is 4.99 Å². The molecule has 12 heteroatoms. The molecule has 0 radical (unpaired) electrons. The minimum absolute atomic E-state index is 0.0126. The summed E-state index contributed by atoms with van der Waals surface area (Å²) in [6, 6.07) is 17.0. The van der Waals surface area contributed by atoms with Gasteiger partial charge in [0.1, 0.15) is 17.3 Å². The highest BCUT2D eigenvalue weighted by molar-refractivity contribution is 7.07. The molecule has 0 aliphatic carbocycles. The summed E-state index contributed by atoms with van der Waals surface area (Å²) in [5, 5.41) is 11.7. The summed E-state index contributed by atoms with van der Waals surface area (Å²) in [4.78, 5) is 29.4. The van der Waals surface area contributed by atoms with Crippen molar-refractivity contribution in [3.8, 4) is 11.3 Å². The first-order chi connectivity index (χ1) is 20.1. The summed E-state index contributed by atoms with van der Waals surface area (Å²) in [5.41, 5.74) is 2.55. The van der Waals surface area contributed by atoms with Crippen molar-refractivity contribution in [3.05, 3.63) is 146 Å². The van der Waals surface area contributed by atoms with Gasteiger partial charge in [-0.25, -0.2) is 9.38 Å². The first kappa shape index (κ1) is 28.1. The molecule has 1 aliphatic heterocycles. The lowest BCUT2D eigenvalue weighted by molar-refractivity contribution is -0.384. The van der Waals surface area contributed by atoms with Crippen molar-refractivity contribution in [2.45, 2.75) is 13.0 Å². The van der Waals surface area contributed by atoms with Crippen LogP contribution in [-0.2, 0) is 0 Å². The summed E-state index contributed by atoms with van der Waals surface area (Å²) < 4.78 is 22.3. The van der Waals surface area contributed by atoms with E-state index in [1.807, 2.05) is 0 Å². The number of halogens is 4. The average molecular weight is 641 g/mol. The monoisotopic (exact) mass is 639 g/mol. The second kappa shape index (κ2) is 11.0. The lowest BCUT2D eigenvalue weighted by atomic mass is 10.0. The molecule has 3 aromatic carbocycles. The zero-order valence-electron chi connectivity index (χ0n) is 21.5. The van der Waals surface area contributed by atoms with Crippen LogP contribution >= 0.6 is 46.1 Å². The molecule has 42 heavy (non-hydrogen) atoms. The SMILES string of the molecule is Cc1cc([N+](=O)[O-])ccc1-c1ccc(/C=c2\sc3n(c2=O)C(c2ccc(Cl)cc2)C=C(c2cc(F)c(Cl)cc2Cl)N=3)o1. The lowest BCUT2D eigenvalue weighted by Gasteiger charge is -2.20. The van der Waals surface area contributed by atoms with Crippen molar-refractivity contribution in [2.75, 3.05) is 0 Å². The van der Waals surface area contributed by atoms with E-state index in [1.165, 1.54) is 24.3 Å². The number of non-ortho nitro benzene ring substituents is 1. The molecule has 0 saturated carbocycles. The molecule has 1 unspecified atom stereocenters. The Morgan fingerprint density at radius 2 is 1.79 bits per heavy atom.